The molecule has 0 saturated heterocycles. The molecule has 1 aliphatic carbocycles. The number of benzene rings is 1. The Morgan fingerprint density at radius 1 is 1.25 bits per heavy atom. The zero-order valence-corrected chi connectivity index (χ0v) is 18.6. The predicted molar refractivity (Wildman–Crippen MR) is 107 cm³/mol. The number of rotatable bonds is 6. The molecule has 3 amide bonds. The minimum atomic E-state index is -0.446. The van der Waals surface area contributed by atoms with Crippen LogP contribution in [0.3, 0.4) is 0 Å². The van der Waals surface area contributed by atoms with Crippen molar-refractivity contribution in [2.45, 2.75) is 38.6 Å². The Bertz CT molecular complexity index is 636. The zero-order chi connectivity index (χ0) is 20.4. The van der Waals surface area contributed by atoms with E-state index in [0.717, 1.165) is 25.7 Å². The molecule has 5 nitrogen and oxygen atoms in total. The molecule has 0 radical (unpaired) electrons. The van der Waals surface area contributed by atoms with Gasteiger partial charge in [-0.3, -0.25) is 4.79 Å². The van der Waals surface area contributed by atoms with Gasteiger partial charge in [0.2, 0.25) is 6.41 Å². The summed E-state index contributed by atoms with van der Waals surface area (Å²) in [6.07, 6.45) is 4.62. The molecule has 9 heteroatoms. The van der Waals surface area contributed by atoms with Gasteiger partial charge in [-0.15, -0.1) is 13.1 Å². The normalized spacial score (nSPS) is 15.4. The molecule has 1 aliphatic rings. The Hall–Kier alpha value is -0.998. The Morgan fingerprint density at radius 3 is 2.25 bits per heavy atom. The van der Waals surface area contributed by atoms with E-state index >= 15 is 0 Å². The minimum Gasteiger partial charge on any atom is -0.368 e. The van der Waals surface area contributed by atoms with Crippen molar-refractivity contribution in [2.75, 3.05) is 13.1 Å². The monoisotopic (exact) mass is 469 g/mol. The van der Waals surface area contributed by atoms with E-state index in [1.165, 1.54) is 12.1 Å². The summed E-state index contributed by atoms with van der Waals surface area (Å²) < 4.78 is 14.1. The van der Waals surface area contributed by atoms with Crippen molar-refractivity contribution >= 4 is 35.6 Å². The van der Waals surface area contributed by atoms with Crippen molar-refractivity contribution in [1.29, 1.82) is 0 Å². The third-order valence-electron chi connectivity index (χ3n) is 4.62. The average molecular weight is 470 g/mol. The summed E-state index contributed by atoms with van der Waals surface area (Å²) in [6.45, 7) is 9.70. The van der Waals surface area contributed by atoms with Crippen LogP contribution in [-0.4, -0.2) is 25.5 Å². The molecule has 0 aromatic heterocycles. The quantitative estimate of drug-likeness (QED) is 0.327. The van der Waals surface area contributed by atoms with Crippen LogP contribution in [0.2, 0.25) is 10.0 Å². The summed E-state index contributed by atoms with van der Waals surface area (Å²) in [7, 11) is 0. The van der Waals surface area contributed by atoms with Crippen LogP contribution in [0, 0.1) is 25.1 Å². The first-order valence-electron chi connectivity index (χ1n) is 8.74. The second-order valence-corrected chi connectivity index (χ2v) is 7.30. The standard InChI is InChI=1S/C14H16Cl2FNO.C5H10N2O.Cr/c1-14(6-2-3-7-14)13(18-8-19)11-10(17)5-4-9(15)12(11)16;1-3-6-5(8)7-4-2;/h4-5,8,13H,2-3,6-7H2,1H3,(H,18,19);1-4H2,(H2,6,7,8);/q;-2;+2/t13-;;/m1../s1. The SMILES string of the molecule is CC1([C@H](NC=O)c2c(F)ccc(Cl)c2Cl)CCCC1.[CH2-]CNC(=O)NC[CH2-].[Cr+2]. The van der Waals surface area contributed by atoms with Gasteiger partial charge < -0.3 is 29.8 Å². The van der Waals surface area contributed by atoms with Gasteiger partial charge in [0.25, 0.3) is 0 Å². The van der Waals surface area contributed by atoms with Gasteiger partial charge in [-0.25, -0.2) is 9.18 Å². The predicted octanol–water partition coefficient (Wildman–Crippen LogP) is 4.45. The van der Waals surface area contributed by atoms with E-state index < -0.39 is 11.9 Å². The summed E-state index contributed by atoms with van der Waals surface area (Å²) in [4.78, 5) is 21.2. The Labute approximate surface area is 187 Å². The summed E-state index contributed by atoms with van der Waals surface area (Å²) in [6, 6.07) is 2.06. The van der Waals surface area contributed by atoms with Crippen LogP contribution in [-0.2, 0) is 22.2 Å². The molecule has 1 aromatic rings. The molecule has 0 bridgehead atoms. The average Bonchev–Trinajstić information content (AvgIpc) is 3.06. The molecule has 1 fully saturated rings. The molecular formula is C19H26Cl2CrFN3O2. The van der Waals surface area contributed by atoms with Crippen LogP contribution in [0.4, 0.5) is 9.18 Å². The van der Waals surface area contributed by atoms with Crippen molar-refractivity contribution in [3.05, 3.63) is 47.4 Å². The largest absolute Gasteiger partial charge is 2.00 e. The van der Waals surface area contributed by atoms with Gasteiger partial charge >= 0.3 is 23.4 Å². The number of carbonyl (C=O) groups is 2. The Kier molecular flexibility index (Phi) is 12.8. The number of halogens is 3. The molecule has 3 N–H and O–H groups in total. The number of hydrogen-bond donors (Lipinski definition) is 3. The fourth-order valence-corrected chi connectivity index (χ4v) is 3.70. The van der Waals surface area contributed by atoms with Crippen molar-refractivity contribution in [2.24, 2.45) is 5.41 Å². The van der Waals surface area contributed by atoms with Crippen molar-refractivity contribution in [3.8, 4) is 0 Å². The molecule has 156 valence electrons. The molecule has 0 heterocycles. The Morgan fingerprint density at radius 2 is 1.79 bits per heavy atom. The fourth-order valence-electron chi connectivity index (χ4n) is 3.27. The first-order chi connectivity index (χ1) is 12.8. The van der Waals surface area contributed by atoms with E-state index in [-0.39, 0.29) is 33.8 Å². The van der Waals surface area contributed by atoms with Crippen LogP contribution >= 0.6 is 23.2 Å². The maximum absolute atomic E-state index is 14.1. The van der Waals surface area contributed by atoms with E-state index in [2.05, 4.69) is 36.7 Å². The molecule has 28 heavy (non-hydrogen) atoms. The number of carbonyl (C=O) groups excluding carboxylic acids is 2. The zero-order valence-electron chi connectivity index (χ0n) is 15.8. The Balaban J connectivity index is 0.000000694. The first-order valence-corrected chi connectivity index (χ1v) is 9.49. The fraction of sp³-hybridized carbons (Fsp3) is 0.474. The van der Waals surface area contributed by atoms with Gasteiger partial charge in [0.15, 0.2) is 0 Å². The minimum absolute atomic E-state index is 0. The van der Waals surface area contributed by atoms with E-state index in [4.69, 9.17) is 23.2 Å². The van der Waals surface area contributed by atoms with Crippen LogP contribution in [0.1, 0.15) is 44.2 Å². The molecule has 1 atom stereocenters. The van der Waals surface area contributed by atoms with E-state index in [0.29, 0.717) is 30.1 Å². The summed E-state index contributed by atoms with van der Waals surface area (Å²) in [5.41, 5.74) is 0.112. The van der Waals surface area contributed by atoms with Crippen molar-refractivity contribution in [1.82, 2.24) is 16.0 Å². The van der Waals surface area contributed by atoms with E-state index in [1.807, 2.05) is 0 Å². The molecule has 0 aliphatic heterocycles. The first kappa shape index (κ1) is 27.0. The van der Waals surface area contributed by atoms with Crippen molar-refractivity contribution < 1.29 is 31.3 Å². The van der Waals surface area contributed by atoms with Crippen LogP contribution in [0.5, 0.6) is 0 Å². The van der Waals surface area contributed by atoms with Gasteiger partial charge in [0.1, 0.15) is 5.82 Å². The van der Waals surface area contributed by atoms with Crippen molar-refractivity contribution in [3.63, 3.8) is 0 Å². The van der Waals surface area contributed by atoms with Gasteiger partial charge in [0.05, 0.1) is 16.1 Å². The third kappa shape index (κ3) is 7.44. The summed E-state index contributed by atoms with van der Waals surface area (Å²) in [5, 5.41) is 8.11. The maximum atomic E-state index is 14.1. The van der Waals surface area contributed by atoms with Crippen LogP contribution < -0.4 is 16.0 Å². The third-order valence-corrected chi connectivity index (χ3v) is 5.44. The molecule has 2 rings (SSSR count). The van der Waals surface area contributed by atoms with E-state index in [9.17, 15) is 14.0 Å². The molecule has 0 unspecified atom stereocenters. The smallest absolute Gasteiger partial charge is 0.368 e. The van der Waals surface area contributed by atoms with Crippen LogP contribution in [0.15, 0.2) is 12.1 Å². The maximum Gasteiger partial charge on any atom is 2.00 e. The van der Waals surface area contributed by atoms with Gasteiger partial charge in [-0.2, -0.15) is 0 Å². The number of nitrogens with one attached hydrogen (secondary N) is 3. The molecule has 0 spiro atoms. The second-order valence-electron chi connectivity index (χ2n) is 6.52. The topological polar surface area (TPSA) is 70.2 Å². The second kappa shape index (κ2) is 13.3. The van der Waals surface area contributed by atoms with Gasteiger partial charge in [0, 0.05) is 5.56 Å². The summed E-state index contributed by atoms with van der Waals surface area (Å²) in [5.74, 6) is -0.429. The van der Waals surface area contributed by atoms with Crippen LogP contribution in [0.25, 0.3) is 0 Å². The number of hydrogen-bond acceptors (Lipinski definition) is 2. The van der Waals surface area contributed by atoms with Gasteiger partial charge in [-0.1, -0.05) is 43.0 Å². The van der Waals surface area contributed by atoms with Gasteiger partial charge in [-0.05, 0) is 30.4 Å². The number of amides is 3. The van der Waals surface area contributed by atoms with E-state index in [1.54, 1.807) is 0 Å². The summed E-state index contributed by atoms with van der Waals surface area (Å²) >= 11 is 12.1. The molecular weight excluding hydrogens is 444 g/mol. The molecule has 1 aromatic carbocycles. The number of urea groups is 1. The molecule has 1 saturated carbocycles.